The Hall–Kier alpha value is -1.17. The first kappa shape index (κ1) is 15.2. The van der Waals surface area contributed by atoms with Crippen LogP contribution >= 0.6 is 7.26 Å². The molecule has 0 saturated heterocycles. The summed E-state index contributed by atoms with van der Waals surface area (Å²) in [7, 11) is -1.81. The Morgan fingerprint density at radius 1 is 0.850 bits per heavy atom. The third kappa shape index (κ3) is 2.95. The van der Waals surface area contributed by atoms with Crippen molar-refractivity contribution in [1.82, 2.24) is 0 Å². The molecule has 1 nitrogen and oxygen atoms in total. The summed E-state index contributed by atoms with van der Waals surface area (Å²) in [6, 6.07) is 21.8. The average Bonchev–Trinajstić information content (AvgIpc) is 2.50. The van der Waals surface area contributed by atoms with Gasteiger partial charge in [0.15, 0.2) is 0 Å². The second-order valence-electron chi connectivity index (χ2n) is 5.69. The fourth-order valence-corrected chi connectivity index (χ4v) is 8.35. The monoisotopic (exact) mass is 288 g/mol. The number of aliphatic hydroxyl groups excluding tert-OH is 1. The molecule has 2 aromatic carbocycles. The summed E-state index contributed by atoms with van der Waals surface area (Å²) in [5, 5.41) is 12.3. The van der Waals surface area contributed by atoms with Crippen molar-refractivity contribution in [1.29, 1.82) is 0 Å². The Morgan fingerprint density at radius 2 is 1.30 bits per heavy atom. The summed E-state index contributed by atoms with van der Waals surface area (Å²) < 4.78 is 0. The first-order chi connectivity index (χ1) is 9.71. The number of hydrogen-bond acceptors (Lipinski definition) is 1. The Bertz CT molecular complexity index is 468. The van der Waals surface area contributed by atoms with Gasteiger partial charge in [-0.05, 0) is 0 Å². The Labute approximate surface area is 123 Å². The van der Waals surface area contributed by atoms with Crippen molar-refractivity contribution in [2.24, 2.45) is 0 Å². The minimum absolute atomic E-state index is 0.279. The molecule has 108 valence electrons. The van der Waals surface area contributed by atoms with E-state index in [0.717, 1.165) is 12.6 Å². The Kier molecular flexibility index (Phi) is 5.34. The molecule has 0 amide bonds. The van der Waals surface area contributed by atoms with Crippen molar-refractivity contribution < 1.29 is 5.11 Å². The van der Waals surface area contributed by atoms with Gasteiger partial charge in [0.1, 0.15) is 0 Å². The van der Waals surface area contributed by atoms with Crippen molar-refractivity contribution in [3.8, 4) is 0 Å². The zero-order chi connectivity index (χ0) is 14.4. The van der Waals surface area contributed by atoms with Crippen LogP contribution in [0.3, 0.4) is 0 Å². The van der Waals surface area contributed by atoms with Gasteiger partial charge in [-0.3, -0.25) is 0 Å². The minimum atomic E-state index is -1.81. The van der Waals surface area contributed by atoms with Crippen LogP contribution in [-0.2, 0) is 0 Å². The molecule has 2 heteroatoms. The standard InChI is InChI=1S/C18H25OP/c1-16(2)20(15-9-14-19,17-10-5-3-6-11-17)18-12-7-4-8-13-18/h3-8,10-13,16,19-20H,9,14-15H2,1-2H3. The Morgan fingerprint density at radius 3 is 1.65 bits per heavy atom. The number of hydrogen-bond donors (Lipinski definition) is 1. The second kappa shape index (κ2) is 7.02. The number of benzene rings is 2. The van der Waals surface area contributed by atoms with Gasteiger partial charge in [0.25, 0.3) is 0 Å². The zero-order valence-electron chi connectivity index (χ0n) is 12.4. The van der Waals surface area contributed by atoms with Crippen LogP contribution in [0.1, 0.15) is 20.3 Å². The summed E-state index contributed by atoms with van der Waals surface area (Å²) >= 11 is 0. The molecular formula is C18H25OP. The van der Waals surface area contributed by atoms with Crippen molar-refractivity contribution in [3.05, 3.63) is 60.7 Å². The molecule has 0 spiro atoms. The molecule has 2 aromatic rings. The topological polar surface area (TPSA) is 20.2 Å². The van der Waals surface area contributed by atoms with E-state index in [4.69, 9.17) is 0 Å². The first-order valence-corrected chi connectivity index (χ1v) is 9.72. The molecule has 0 fully saturated rings. The molecule has 20 heavy (non-hydrogen) atoms. The van der Waals surface area contributed by atoms with E-state index in [0.29, 0.717) is 5.66 Å². The van der Waals surface area contributed by atoms with E-state index >= 15 is 0 Å². The number of aliphatic hydroxyl groups is 1. The van der Waals surface area contributed by atoms with Gasteiger partial charge >= 0.3 is 122 Å². The molecule has 0 aliphatic carbocycles. The van der Waals surface area contributed by atoms with Gasteiger partial charge in [0.2, 0.25) is 0 Å². The summed E-state index contributed by atoms with van der Waals surface area (Å²) in [5.74, 6) is 0. The van der Waals surface area contributed by atoms with Crippen LogP contribution < -0.4 is 10.6 Å². The molecule has 0 saturated carbocycles. The van der Waals surface area contributed by atoms with Gasteiger partial charge in [0.05, 0.1) is 0 Å². The third-order valence-electron chi connectivity index (χ3n) is 4.29. The van der Waals surface area contributed by atoms with E-state index in [1.165, 1.54) is 10.6 Å². The molecule has 0 radical (unpaired) electrons. The Balaban J connectivity index is 2.57. The summed E-state index contributed by atoms with van der Waals surface area (Å²) in [6.07, 6.45) is 1.99. The van der Waals surface area contributed by atoms with Gasteiger partial charge in [-0.25, -0.2) is 0 Å². The molecule has 0 atom stereocenters. The maximum absolute atomic E-state index is 9.33. The zero-order valence-corrected chi connectivity index (χ0v) is 13.4. The van der Waals surface area contributed by atoms with Crippen LogP contribution in [0.2, 0.25) is 0 Å². The quantitative estimate of drug-likeness (QED) is 0.810. The van der Waals surface area contributed by atoms with Gasteiger partial charge in [0, 0.05) is 0 Å². The van der Waals surface area contributed by atoms with E-state index in [1.807, 2.05) is 0 Å². The van der Waals surface area contributed by atoms with E-state index in [1.54, 1.807) is 0 Å². The molecule has 0 aromatic heterocycles. The van der Waals surface area contributed by atoms with E-state index in [2.05, 4.69) is 74.5 Å². The van der Waals surface area contributed by atoms with Gasteiger partial charge in [-0.2, -0.15) is 0 Å². The van der Waals surface area contributed by atoms with Crippen LogP contribution in [-0.4, -0.2) is 23.5 Å². The normalized spacial score (nSPS) is 12.6. The van der Waals surface area contributed by atoms with Crippen molar-refractivity contribution >= 4 is 17.9 Å². The SMILES string of the molecule is CC(C)[PH](CCCO)(c1ccccc1)c1ccccc1. The molecule has 2 rings (SSSR count). The third-order valence-corrected chi connectivity index (χ3v) is 10.1. The van der Waals surface area contributed by atoms with Crippen LogP contribution in [0.25, 0.3) is 0 Å². The average molecular weight is 288 g/mol. The van der Waals surface area contributed by atoms with Crippen LogP contribution in [0.15, 0.2) is 60.7 Å². The van der Waals surface area contributed by atoms with Gasteiger partial charge < -0.3 is 0 Å². The molecule has 0 aliphatic heterocycles. The molecule has 1 N–H and O–H groups in total. The predicted molar refractivity (Wildman–Crippen MR) is 92.2 cm³/mol. The van der Waals surface area contributed by atoms with Crippen LogP contribution in [0.5, 0.6) is 0 Å². The summed E-state index contributed by atoms with van der Waals surface area (Å²) in [4.78, 5) is 0. The summed E-state index contributed by atoms with van der Waals surface area (Å²) in [6.45, 7) is 4.95. The van der Waals surface area contributed by atoms with Crippen LogP contribution in [0, 0.1) is 0 Å². The van der Waals surface area contributed by atoms with Gasteiger partial charge in [-0.1, -0.05) is 0 Å². The maximum atomic E-state index is 9.33. The fourth-order valence-electron chi connectivity index (χ4n) is 3.24. The van der Waals surface area contributed by atoms with Gasteiger partial charge in [-0.15, -0.1) is 0 Å². The molecule has 0 bridgehead atoms. The van der Waals surface area contributed by atoms with Crippen molar-refractivity contribution in [2.75, 3.05) is 12.8 Å². The van der Waals surface area contributed by atoms with Crippen molar-refractivity contribution in [2.45, 2.75) is 25.9 Å². The van der Waals surface area contributed by atoms with E-state index in [9.17, 15) is 5.11 Å². The second-order valence-corrected chi connectivity index (χ2v) is 10.4. The fraction of sp³-hybridized carbons (Fsp3) is 0.333. The van der Waals surface area contributed by atoms with E-state index in [-0.39, 0.29) is 6.61 Å². The molecular weight excluding hydrogens is 263 g/mol. The first-order valence-electron chi connectivity index (χ1n) is 7.43. The summed E-state index contributed by atoms with van der Waals surface area (Å²) in [5.41, 5.74) is 0.610. The van der Waals surface area contributed by atoms with Crippen molar-refractivity contribution in [3.63, 3.8) is 0 Å². The molecule has 0 aliphatic rings. The molecule has 0 unspecified atom stereocenters. The van der Waals surface area contributed by atoms with Crippen LogP contribution in [0.4, 0.5) is 0 Å². The predicted octanol–water partition coefficient (Wildman–Crippen LogP) is 3.18. The number of rotatable bonds is 6. The van der Waals surface area contributed by atoms with E-state index < -0.39 is 7.26 Å². The molecule has 0 heterocycles.